The number of halogens is 1. The Hall–Kier alpha value is -0.740. The zero-order chi connectivity index (χ0) is 15.0. The van der Waals surface area contributed by atoms with Gasteiger partial charge in [-0.15, -0.1) is 0 Å². The Kier molecular flexibility index (Phi) is 8.00. The average Bonchev–Trinajstić information content (AvgIpc) is 2.41. The first-order valence-corrected chi connectivity index (χ1v) is 8.24. The van der Waals surface area contributed by atoms with Crippen LogP contribution in [0, 0.1) is 0 Å². The van der Waals surface area contributed by atoms with Gasteiger partial charge in [-0.1, -0.05) is 20.3 Å². The Morgan fingerprint density at radius 2 is 2.00 bits per heavy atom. The number of hydrogen-bond acceptors (Lipinski definition) is 3. The van der Waals surface area contributed by atoms with Crippen LogP contribution >= 0.6 is 15.9 Å². The van der Waals surface area contributed by atoms with Gasteiger partial charge in [0.1, 0.15) is 0 Å². The predicted molar refractivity (Wildman–Crippen MR) is 87.7 cm³/mol. The quantitative estimate of drug-likeness (QED) is 0.714. The van der Waals surface area contributed by atoms with Gasteiger partial charge in [0.2, 0.25) is 0 Å². The fourth-order valence-electron chi connectivity index (χ4n) is 2.04. The third-order valence-electron chi connectivity index (χ3n) is 2.96. The first kappa shape index (κ1) is 17.3. The normalized spacial score (nSPS) is 12.2. The lowest BCUT2D eigenvalue weighted by Crippen LogP contribution is -2.14. The molecule has 0 saturated heterocycles. The van der Waals surface area contributed by atoms with Crippen molar-refractivity contribution in [3.63, 3.8) is 0 Å². The molecule has 0 heterocycles. The average molecular weight is 344 g/mol. The molecule has 0 aromatic heterocycles. The van der Waals surface area contributed by atoms with Gasteiger partial charge in [0, 0.05) is 6.54 Å². The fraction of sp³-hybridized carbons (Fsp3) is 0.625. The van der Waals surface area contributed by atoms with Gasteiger partial charge in [-0.05, 0) is 60.4 Å². The van der Waals surface area contributed by atoms with E-state index in [0.29, 0.717) is 6.61 Å². The van der Waals surface area contributed by atoms with Crippen molar-refractivity contribution in [2.45, 2.75) is 53.2 Å². The zero-order valence-electron chi connectivity index (χ0n) is 13.0. The molecule has 1 unspecified atom stereocenters. The summed E-state index contributed by atoms with van der Waals surface area (Å²) in [5, 5.41) is 3.32. The minimum absolute atomic E-state index is 0.190. The van der Waals surface area contributed by atoms with E-state index in [9.17, 15) is 0 Å². The van der Waals surface area contributed by atoms with Crippen molar-refractivity contribution in [1.82, 2.24) is 5.32 Å². The molecule has 0 saturated carbocycles. The van der Waals surface area contributed by atoms with E-state index in [2.05, 4.69) is 54.2 Å². The summed E-state index contributed by atoms with van der Waals surface area (Å²) in [5.41, 5.74) is 1.19. The van der Waals surface area contributed by atoms with E-state index in [1.165, 1.54) is 5.56 Å². The van der Waals surface area contributed by atoms with Gasteiger partial charge >= 0.3 is 0 Å². The molecule has 114 valence electrons. The summed E-state index contributed by atoms with van der Waals surface area (Å²) in [6.07, 6.45) is 2.34. The van der Waals surface area contributed by atoms with Gasteiger partial charge in [-0.25, -0.2) is 0 Å². The summed E-state index contributed by atoms with van der Waals surface area (Å²) in [5.74, 6) is 1.63. The molecule has 1 aromatic carbocycles. The predicted octanol–water partition coefficient (Wildman–Crippen LogP) is 4.52. The molecule has 1 N–H and O–H groups in total. The highest BCUT2D eigenvalue weighted by Gasteiger charge is 2.14. The van der Waals surface area contributed by atoms with Gasteiger partial charge < -0.3 is 14.8 Å². The summed E-state index contributed by atoms with van der Waals surface area (Å²) < 4.78 is 12.7. The lowest BCUT2D eigenvalue weighted by Gasteiger charge is -2.19. The molecule has 3 nitrogen and oxygen atoms in total. The minimum atomic E-state index is 0.190. The van der Waals surface area contributed by atoms with E-state index in [4.69, 9.17) is 9.47 Å². The maximum atomic E-state index is 6.04. The van der Waals surface area contributed by atoms with Crippen LogP contribution in [-0.2, 0) is 6.54 Å². The van der Waals surface area contributed by atoms with Crippen LogP contribution in [0.2, 0.25) is 0 Å². The molecule has 0 amide bonds. The minimum Gasteiger partial charge on any atom is -0.490 e. The van der Waals surface area contributed by atoms with Gasteiger partial charge in [0.15, 0.2) is 11.5 Å². The van der Waals surface area contributed by atoms with Gasteiger partial charge in [0.25, 0.3) is 0 Å². The molecular weight excluding hydrogens is 318 g/mol. The van der Waals surface area contributed by atoms with Crippen LogP contribution in [0.4, 0.5) is 0 Å². The fourth-order valence-corrected chi connectivity index (χ4v) is 2.62. The molecule has 4 heteroatoms. The van der Waals surface area contributed by atoms with Crippen molar-refractivity contribution in [3.05, 3.63) is 22.2 Å². The smallest absolute Gasteiger partial charge is 0.175 e. The molecule has 0 aliphatic heterocycles. The number of hydrogen-bond donors (Lipinski definition) is 1. The van der Waals surface area contributed by atoms with Crippen LogP contribution in [0.15, 0.2) is 16.6 Å². The van der Waals surface area contributed by atoms with Crippen LogP contribution in [0.5, 0.6) is 11.5 Å². The van der Waals surface area contributed by atoms with E-state index in [1.54, 1.807) is 0 Å². The number of ether oxygens (including phenoxy) is 2. The summed E-state index contributed by atoms with van der Waals surface area (Å²) >= 11 is 3.61. The maximum absolute atomic E-state index is 6.04. The maximum Gasteiger partial charge on any atom is 0.175 e. The summed E-state index contributed by atoms with van der Waals surface area (Å²) in [7, 11) is 0. The highest BCUT2D eigenvalue weighted by Crippen LogP contribution is 2.38. The molecule has 0 radical (unpaired) electrons. The molecule has 0 bridgehead atoms. The van der Waals surface area contributed by atoms with Crippen LogP contribution < -0.4 is 14.8 Å². The number of benzene rings is 1. The molecular formula is C16H26BrNO2. The number of nitrogens with one attached hydrogen (secondary N) is 1. The topological polar surface area (TPSA) is 30.5 Å². The molecule has 1 rings (SSSR count). The number of rotatable bonds is 9. The molecule has 0 spiro atoms. The van der Waals surface area contributed by atoms with E-state index in [0.717, 1.165) is 41.9 Å². The molecule has 0 aliphatic rings. The third kappa shape index (κ3) is 5.33. The molecule has 1 atom stereocenters. The molecule has 1 aromatic rings. The molecule has 20 heavy (non-hydrogen) atoms. The summed E-state index contributed by atoms with van der Waals surface area (Å²) in [4.78, 5) is 0. The van der Waals surface area contributed by atoms with Crippen molar-refractivity contribution < 1.29 is 9.47 Å². The van der Waals surface area contributed by atoms with Gasteiger partial charge in [-0.2, -0.15) is 0 Å². The van der Waals surface area contributed by atoms with E-state index in [1.807, 2.05) is 6.92 Å². The second kappa shape index (κ2) is 9.24. The standard InChI is InChI=1S/C16H26BrNO2/c1-5-8-12(4)20-16-14(17)9-13(11-18-6-2)10-15(16)19-7-3/h9-10,12,18H,5-8,11H2,1-4H3. The van der Waals surface area contributed by atoms with Crippen LogP contribution in [0.1, 0.15) is 46.1 Å². The van der Waals surface area contributed by atoms with Gasteiger partial charge in [-0.3, -0.25) is 0 Å². The summed E-state index contributed by atoms with van der Waals surface area (Å²) in [6.45, 7) is 10.8. The highest BCUT2D eigenvalue weighted by molar-refractivity contribution is 9.10. The van der Waals surface area contributed by atoms with E-state index in [-0.39, 0.29) is 6.10 Å². The monoisotopic (exact) mass is 343 g/mol. The first-order chi connectivity index (χ1) is 9.62. The van der Waals surface area contributed by atoms with Crippen LogP contribution in [0.25, 0.3) is 0 Å². The Labute approximate surface area is 131 Å². The summed E-state index contributed by atoms with van der Waals surface area (Å²) in [6, 6.07) is 4.16. The van der Waals surface area contributed by atoms with E-state index >= 15 is 0 Å². The van der Waals surface area contributed by atoms with E-state index < -0.39 is 0 Å². The van der Waals surface area contributed by atoms with Crippen molar-refractivity contribution >= 4 is 15.9 Å². The molecule has 0 fully saturated rings. The largest absolute Gasteiger partial charge is 0.490 e. The zero-order valence-corrected chi connectivity index (χ0v) is 14.5. The Morgan fingerprint density at radius 1 is 1.25 bits per heavy atom. The lowest BCUT2D eigenvalue weighted by molar-refractivity contribution is 0.195. The molecule has 0 aliphatic carbocycles. The van der Waals surface area contributed by atoms with Crippen molar-refractivity contribution in [1.29, 1.82) is 0 Å². The van der Waals surface area contributed by atoms with Crippen LogP contribution in [-0.4, -0.2) is 19.3 Å². The highest BCUT2D eigenvalue weighted by atomic mass is 79.9. The Balaban J connectivity index is 2.95. The Morgan fingerprint density at radius 3 is 2.60 bits per heavy atom. The first-order valence-electron chi connectivity index (χ1n) is 7.44. The Bertz CT molecular complexity index is 410. The van der Waals surface area contributed by atoms with Gasteiger partial charge in [0.05, 0.1) is 17.2 Å². The van der Waals surface area contributed by atoms with Crippen molar-refractivity contribution in [2.75, 3.05) is 13.2 Å². The van der Waals surface area contributed by atoms with Crippen molar-refractivity contribution in [2.24, 2.45) is 0 Å². The SMILES string of the molecule is CCCC(C)Oc1c(Br)cc(CNCC)cc1OCC. The van der Waals surface area contributed by atoms with Crippen molar-refractivity contribution in [3.8, 4) is 11.5 Å². The lowest BCUT2D eigenvalue weighted by atomic mass is 10.2. The van der Waals surface area contributed by atoms with Crippen LogP contribution in [0.3, 0.4) is 0 Å². The second-order valence-electron chi connectivity index (χ2n) is 4.84. The third-order valence-corrected chi connectivity index (χ3v) is 3.55. The second-order valence-corrected chi connectivity index (χ2v) is 5.69.